The van der Waals surface area contributed by atoms with Crippen molar-refractivity contribution < 1.29 is 9.59 Å². The number of likely N-dealkylation sites (tertiary alicyclic amines) is 1. The molecule has 1 unspecified atom stereocenters. The smallest absolute Gasteiger partial charge is 0.254 e. The lowest BCUT2D eigenvalue weighted by Gasteiger charge is -2.35. The third-order valence-corrected chi connectivity index (χ3v) is 4.58. The largest absolute Gasteiger partial charge is 0.351 e. The summed E-state index contributed by atoms with van der Waals surface area (Å²) in [5, 5.41) is 2.89. The van der Waals surface area contributed by atoms with E-state index in [1.165, 1.54) is 6.42 Å². The zero-order chi connectivity index (χ0) is 17.5. The predicted octanol–water partition coefficient (Wildman–Crippen LogP) is 2.38. The fraction of sp³-hybridized carbons (Fsp3) is 0.579. The van der Waals surface area contributed by atoms with E-state index < -0.39 is 0 Å². The van der Waals surface area contributed by atoms with Gasteiger partial charge in [0, 0.05) is 36.8 Å². The van der Waals surface area contributed by atoms with Crippen molar-refractivity contribution in [2.45, 2.75) is 38.6 Å². The van der Waals surface area contributed by atoms with Gasteiger partial charge in [-0.15, -0.1) is 0 Å². The number of amides is 2. The van der Waals surface area contributed by atoms with Gasteiger partial charge in [0.15, 0.2) is 0 Å². The molecule has 1 heterocycles. The highest BCUT2D eigenvalue weighted by Gasteiger charge is 2.26. The van der Waals surface area contributed by atoms with Crippen LogP contribution in [0.4, 0.5) is 0 Å². The Kier molecular flexibility index (Phi) is 6.79. The summed E-state index contributed by atoms with van der Waals surface area (Å²) in [6.45, 7) is 4.33. The standard InChI is InChI=1S/C19H29N3O2/c1-4-17-10-5-6-12-22(17)19(24)16-9-7-8-15(14-16)18(23)20-11-13-21(2)3/h7-9,14,17H,4-6,10-13H2,1-3H3,(H,20,23). The minimum Gasteiger partial charge on any atom is -0.351 e. The van der Waals surface area contributed by atoms with Gasteiger partial charge in [-0.2, -0.15) is 0 Å². The molecule has 0 aromatic heterocycles. The van der Waals surface area contributed by atoms with Crippen molar-refractivity contribution in [3.63, 3.8) is 0 Å². The second-order valence-corrected chi connectivity index (χ2v) is 6.70. The summed E-state index contributed by atoms with van der Waals surface area (Å²) in [5.41, 5.74) is 1.15. The van der Waals surface area contributed by atoms with E-state index in [0.717, 1.165) is 32.4 Å². The molecule has 1 atom stereocenters. The van der Waals surface area contributed by atoms with E-state index in [-0.39, 0.29) is 11.8 Å². The van der Waals surface area contributed by atoms with Crippen molar-refractivity contribution in [1.82, 2.24) is 15.1 Å². The molecule has 1 aliphatic heterocycles. The van der Waals surface area contributed by atoms with Crippen LogP contribution in [0.1, 0.15) is 53.3 Å². The zero-order valence-electron chi connectivity index (χ0n) is 15.0. The van der Waals surface area contributed by atoms with Crippen LogP contribution in [0.3, 0.4) is 0 Å². The number of likely N-dealkylation sites (N-methyl/N-ethyl adjacent to an activating group) is 1. The number of hydrogen-bond donors (Lipinski definition) is 1. The van der Waals surface area contributed by atoms with Gasteiger partial charge in [0.25, 0.3) is 11.8 Å². The maximum Gasteiger partial charge on any atom is 0.254 e. The lowest BCUT2D eigenvalue weighted by atomic mass is 9.98. The lowest BCUT2D eigenvalue weighted by Crippen LogP contribution is -2.43. The highest BCUT2D eigenvalue weighted by atomic mass is 16.2. The van der Waals surface area contributed by atoms with Gasteiger partial charge >= 0.3 is 0 Å². The summed E-state index contributed by atoms with van der Waals surface area (Å²) in [6, 6.07) is 7.40. The van der Waals surface area contributed by atoms with Crippen molar-refractivity contribution in [3.05, 3.63) is 35.4 Å². The number of hydrogen-bond acceptors (Lipinski definition) is 3. The minimum absolute atomic E-state index is 0.0458. The van der Waals surface area contributed by atoms with Crippen molar-refractivity contribution in [2.75, 3.05) is 33.7 Å². The summed E-state index contributed by atoms with van der Waals surface area (Å²) in [5.74, 6) is -0.0818. The molecule has 1 N–H and O–H groups in total. The van der Waals surface area contributed by atoms with E-state index in [9.17, 15) is 9.59 Å². The van der Waals surface area contributed by atoms with Crippen LogP contribution in [0.15, 0.2) is 24.3 Å². The van der Waals surface area contributed by atoms with Crippen LogP contribution in [0, 0.1) is 0 Å². The SMILES string of the molecule is CCC1CCCCN1C(=O)c1cccc(C(=O)NCCN(C)C)c1. The summed E-state index contributed by atoms with van der Waals surface area (Å²) < 4.78 is 0. The van der Waals surface area contributed by atoms with Crippen molar-refractivity contribution in [2.24, 2.45) is 0 Å². The molecule has 0 aliphatic carbocycles. The first-order valence-electron chi connectivity index (χ1n) is 8.87. The number of carbonyl (C=O) groups is 2. The molecule has 132 valence electrons. The fourth-order valence-corrected chi connectivity index (χ4v) is 3.15. The molecule has 1 fully saturated rings. The molecule has 24 heavy (non-hydrogen) atoms. The third-order valence-electron chi connectivity index (χ3n) is 4.58. The Bertz CT molecular complexity index is 571. The molecular weight excluding hydrogens is 302 g/mol. The Balaban J connectivity index is 2.06. The molecule has 1 aromatic carbocycles. The lowest BCUT2D eigenvalue weighted by molar-refractivity contribution is 0.0608. The number of piperidine rings is 1. The van der Waals surface area contributed by atoms with Gasteiger partial charge in [-0.05, 0) is 58.0 Å². The quantitative estimate of drug-likeness (QED) is 0.871. The molecule has 2 rings (SSSR count). The van der Waals surface area contributed by atoms with Gasteiger partial charge < -0.3 is 15.1 Å². The molecule has 1 saturated heterocycles. The van der Waals surface area contributed by atoms with Gasteiger partial charge in [0.2, 0.25) is 0 Å². The van der Waals surface area contributed by atoms with E-state index in [2.05, 4.69) is 12.2 Å². The van der Waals surface area contributed by atoms with Crippen LogP contribution < -0.4 is 5.32 Å². The van der Waals surface area contributed by atoms with Crippen LogP contribution in [-0.4, -0.2) is 61.4 Å². The van der Waals surface area contributed by atoms with E-state index >= 15 is 0 Å². The first-order valence-corrected chi connectivity index (χ1v) is 8.87. The second kappa shape index (κ2) is 8.83. The first kappa shape index (κ1) is 18.5. The number of nitrogens with zero attached hydrogens (tertiary/aromatic N) is 2. The summed E-state index contributed by atoms with van der Waals surface area (Å²) >= 11 is 0. The van der Waals surface area contributed by atoms with E-state index in [1.54, 1.807) is 24.3 Å². The van der Waals surface area contributed by atoms with Crippen LogP contribution >= 0.6 is 0 Å². The molecule has 0 radical (unpaired) electrons. The van der Waals surface area contributed by atoms with Gasteiger partial charge in [-0.3, -0.25) is 9.59 Å². The van der Waals surface area contributed by atoms with Gasteiger partial charge in [0.05, 0.1) is 0 Å². The molecule has 1 aliphatic rings. The zero-order valence-corrected chi connectivity index (χ0v) is 15.0. The normalized spacial score (nSPS) is 17.8. The van der Waals surface area contributed by atoms with Crippen molar-refractivity contribution in [3.8, 4) is 0 Å². The van der Waals surface area contributed by atoms with Crippen LogP contribution in [0.2, 0.25) is 0 Å². The molecule has 0 bridgehead atoms. The highest BCUT2D eigenvalue weighted by Crippen LogP contribution is 2.22. The van der Waals surface area contributed by atoms with Crippen molar-refractivity contribution >= 4 is 11.8 Å². The topological polar surface area (TPSA) is 52.7 Å². The van der Waals surface area contributed by atoms with Crippen LogP contribution in [0.5, 0.6) is 0 Å². The Morgan fingerprint density at radius 2 is 2.00 bits per heavy atom. The Hall–Kier alpha value is -1.88. The monoisotopic (exact) mass is 331 g/mol. The van der Waals surface area contributed by atoms with E-state index in [0.29, 0.717) is 23.7 Å². The van der Waals surface area contributed by atoms with E-state index in [4.69, 9.17) is 0 Å². The van der Waals surface area contributed by atoms with Gasteiger partial charge in [-0.25, -0.2) is 0 Å². The number of rotatable bonds is 6. The van der Waals surface area contributed by atoms with Crippen LogP contribution in [-0.2, 0) is 0 Å². The van der Waals surface area contributed by atoms with E-state index in [1.807, 2.05) is 23.9 Å². The molecule has 0 saturated carbocycles. The van der Waals surface area contributed by atoms with Crippen molar-refractivity contribution in [1.29, 1.82) is 0 Å². The third kappa shape index (κ3) is 4.81. The maximum atomic E-state index is 12.8. The highest BCUT2D eigenvalue weighted by molar-refractivity contribution is 5.99. The Morgan fingerprint density at radius 1 is 1.25 bits per heavy atom. The molecule has 1 aromatic rings. The average Bonchev–Trinajstić information content (AvgIpc) is 2.60. The average molecular weight is 331 g/mol. The fourth-order valence-electron chi connectivity index (χ4n) is 3.15. The summed E-state index contributed by atoms with van der Waals surface area (Å²) in [6.07, 6.45) is 4.31. The predicted molar refractivity (Wildman–Crippen MR) is 96.3 cm³/mol. The van der Waals surface area contributed by atoms with Gasteiger partial charge in [0.1, 0.15) is 0 Å². The Morgan fingerprint density at radius 3 is 2.71 bits per heavy atom. The Labute approximate surface area is 145 Å². The van der Waals surface area contributed by atoms with Crippen LogP contribution in [0.25, 0.3) is 0 Å². The summed E-state index contributed by atoms with van der Waals surface area (Å²) in [7, 11) is 3.93. The molecule has 2 amide bonds. The van der Waals surface area contributed by atoms with Gasteiger partial charge in [-0.1, -0.05) is 13.0 Å². The maximum absolute atomic E-state index is 12.8. The number of benzene rings is 1. The second-order valence-electron chi connectivity index (χ2n) is 6.70. The minimum atomic E-state index is -0.128. The first-order chi connectivity index (χ1) is 11.5. The molecular formula is C19H29N3O2. The molecule has 5 nitrogen and oxygen atoms in total. The number of carbonyl (C=O) groups excluding carboxylic acids is 2. The molecule has 0 spiro atoms. The summed E-state index contributed by atoms with van der Waals surface area (Å²) in [4.78, 5) is 29.1. The number of nitrogens with one attached hydrogen (secondary N) is 1. The molecule has 5 heteroatoms.